The van der Waals surface area contributed by atoms with E-state index in [0.29, 0.717) is 17.8 Å². The first kappa shape index (κ1) is 13.7. The smallest absolute Gasteiger partial charge is 0.341 e. The van der Waals surface area contributed by atoms with E-state index in [1.54, 1.807) is 18.2 Å². The summed E-state index contributed by atoms with van der Waals surface area (Å²) in [5.74, 6) is 0. The van der Waals surface area contributed by atoms with Crippen LogP contribution in [0.25, 0.3) is 0 Å². The predicted molar refractivity (Wildman–Crippen MR) is 74.0 cm³/mol. The minimum Gasteiger partial charge on any atom is -0.341 e. The van der Waals surface area contributed by atoms with E-state index in [-0.39, 0.29) is 0 Å². The first-order chi connectivity index (χ1) is 9.99. The number of hydrogen-bond donors (Lipinski definition) is 0. The number of anilines is 2. The normalized spacial score (nSPS) is 14.1. The van der Waals surface area contributed by atoms with E-state index < -0.39 is 11.7 Å². The Kier molecular flexibility index (Phi) is 3.20. The zero-order chi connectivity index (χ0) is 15.0. The summed E-state index contributed by atoms with van der Waals surface area (Å²) in [4.78, 5) is 12.7. The van der Waals surface area contributed by atoms with E-state index in [1.165, 1.54) is 6.07 Å². The summed E-state index contributed by atoms with van der Waals surface area (Å²) in [6, 6.07) is 10.5. The maximum Gasteiger partial charge on any atom is 0.416 e. The molecular formula is C16H12F3NO. The molecule has 2 aromatic carbocycles. The lowest BCUT2D eigenvalue weighted by molar-refractivity contribution is -0.137. The summed E-state index contributed by atoms with van der Waals surface area (Å²) < 4.78 is 38.4. The molecule has 0 saturated carbocycles. The van der Waals surface area contributed by atoms with Gasteiger partial charge in [-0.2, -0.15) is 13.2 Å². The lowest BCUT2D eigenvalue weighted by atomic mass is 10.1. The second-order valence-corrected chi connectivity index (χ2v) is 4.96. The van der Waals surface area contributed by atoms with E-state index >= 15 is 0 Å². The van der Waals surface area contributed by atoms with Crippen molar-refractivity contribution in [1.29, 1.82) is 0 Å². The number of nitrogens with zero attached hydrogens (tertiary/aromatic N) is 1. The molecule has 1 heterocycles. The molecule has 0 bridgehead atoms. The number of hydrogen-bond acceptors (Lipinski definition) is 2. The fraction of sp³-hybridized carbons (Fsp3) is 0.188. The highest BCUT2D eigenvalue weighted by Gasteiger charge is 2.31. The van der Waals surface area contributed by atoms with Crippen molar-refractivity contribution in [3.05, 3.63) is 59.2 Å². The van der Waals surface area contributed by atoms with E-state index in [9.17, 15) is 18.0 Å². The van der Waals surface area contributed by atoms with E-state index in [1.807, 2.05) is 11.0 Å². The first-order valence-corrected chi connectivity index (χ1v) is 6.52. The summed E-state index contributed by atoms with van der Waals surface area (Å²) in [5, 5.41) is 0. The second kappa shape index (κ2) is 4.91. The third-order valence-corrected chi connectivity index (χ3v) is 3.63. The highest BCUT2D eigenvalue weighted by atomic mass is 19.4. The number of aldehydes is 1. The number of halogens is 3. The van der Waals surface area contributed by atoms with Crippen molar-refractivity contribution >= 4 is 17.7 Å². The Hall–Kier alpha value is -2.30. The van der Waals surface area contributed by atoms with Crippen LogP contribution in [0.3, 0.4) is 0 Å². The molecule has 108 valence electrons. The topological polar surface area (TPSA) is 20.3 Å². The molecule has 0 aromatic heterocycles. The average molecular weight is 291 g/mol. The van der Waals surface area contributed by atoms with Crippen molar-refractivity contribution in [1.82, 2.24) is 0 Å². The van der Waals surface area contributed by atoms with Crippen molar-refractivity contribution in [3.8, 4) is 0 Å². The Labute approximate surface area is 119 Å². The summed E-state index contributed by atoms with van der Waals surface area (Å²) in [7, 11) is 0. The molecule has 1 aliphatic heterocycles. The highest BCUT2D eigenvalue weighted by Crippen LogP contribution is 2.37. The second-order valence-electron chi connectivity index (χ2n) is 4.96. The van der Waals surface area contributed by atoms with Crippen LogP contribution in [0.1, 0.15) is 21.5 Å². The van der Waals surface area contributed by atoms with Crippen LogP contribution in [0, 0.1) is 0 Å². The van der Waals surface area contributed by atoms with Crippen LogP contribution in [-0.2, 0) is 12.6 Å². The van der Waals surface area contributed by atoms with Gasteiger partial charge in [-0.15, -0.1) is 0 Å². The Morgan fingerprint density at radius 3 is 2.62 bits per heavy atom. The van der Waals surface area contributed by atoms with Gasteiger partial charge in [-0.25, -0.2) is 0 Å². The van der Waals surface area contributed by atoms with Crippen LogP contribution >= 0.6 is 0 Å². The number of alkyl halides is 3. The SMILES string of the molecule is O=Cc1ccc2c(c1)N(c1cccc(C(F)(F)F)c1)CC2. The first-order valence-electron chi connectivity index (χ1n) is 6.52. The molecule has 21 heavy (non-hydrogen) atoms. The van der Waals surface area contributed by atoms with E-state index in [4.69, 9.17) is 0 Å². The van der Waals surface area contributed by atoms with E-state index in [0.717, 1.165) is 36.1 Å². The molecule has 1 aliphatic rings. The van der Waals surface area contributed by atoms with Crippen LogP contribution in [-0.4, -0.2) is 12.8 Å². The molecule has 0 unspecified atom stereocenters. The number of carbonyl (C=O) groups excluding carboxylic acids is 1. The fourth-order valence-electron chi connectivity index (χ4n) is 2.59. The maximum absolute atomic E-state index is 12.8. The number of fused-ring (bicyclic) bond motifs is 1. The molecule has 0 aliphatic carbocycles. The third kappa shape index (κ3) is 2.51. The quantitative estimate of drug-likeness (QED) is 0.772. The molecule has 2 aromatic rings. The molecule has 2 nitrogen and oxygen atoms in total. The Balaban J connectivity index is 2.03. The molecule has 0 fully saturated rings. The summed E-state index contributed by atoms with van der Waals surface area (Å²) >= 11 is 0. The highest BCUT2D eigenvalue weighted by molar-refractivity contribution is 5.81. The minimum absolute atomic E-state index is 0.492. The monoisotopic (exact) mass is 291 g/mol. The van der Waals surface area contributed by atoms with Gasteiger partial charge >= 0.3 is 6.18 Å². The predicted octanol–water partition coefficient (Wildman–Crippen LogP) is 4.21. The van der Waals surface area contributed by atoms with Crippen molar-refractivity contribution in [2.45, 2.75) is 12.6 Å². The molecular weight excluding hydrogens is 279 g/mol. The van der Waals surface area contributed by atoms with Gasteiger partial charge < -0.3 is 4.90 Å². The number of benzene rings is 2. The van der Waals surface area contributed by atoms with Gasteiger partial charge in [0.2, 0.25) is 0 Å². The van der Waals surface area contributed by atoms with E-state index in [2.05, 4.69) is 0 Å². The molecule has 5 heteroatoms. The summed E-state index contributed by atoms with van der Waals surface area (Å²) in [6.07, 6.45) is -2.86. The van der Waals surface area contributed by atoms with Crippen LogP contribution in [0.4, 0.5) is 24.5 Å². The number of carbonyl (C=O) groups is 1. The zero-order valence-corrected chi connectivity index (χ0v) is 11.0. The van der Waals surface area contributed by atoms with Crippen LogP contribution < -0.4 is 4.90 Å². The minimum atomic E-state index is -4.36. The fourth-order valence-corrected chi connectivity index (χ4v) is 2.59. The van der Waals surface area contributed by atoms with Gasteiger partial charge in [0.1, 0.15) is 6.29 Å². The zero-order valence-electron chi connectivity index (χ0n) is 11.0. The lowest BCUT2D eigenvalue weighted by Gasteiger charge is -2.21. The molecule has 0 atom stereocenters. The Bertz CT molecular complexity index is 694. The van der Waals surface area contributed by atoms with Crippen LogP contribution in [0.2, 0.25) is 0 Å². The molecule has 0 saturated heterocycles. The molecule has 0 N–H and O–H groups in total. The molecule has 0 radical (unpaired) electrons. The lowest BCUT2D eigenvalue weighted by Crippen LogP contribution is -2.14. The van der Waals surface area contributed by atoms with Crippen molar-refractivity contribution in [3.63, 3.8) is 0 Å². The largest absolute Gasteiger partial charge is 0.416 e. The molecule has 3 rings (SSSR count). The van der Waals surface area contributed by atoms with Gasteiger partial charge in [0.25, 0.3) is 0 Å². The summed E-state index contributed by atoms with van der Waals surface area (Å²) in [5.41, 5.74) is 2.19. The third-order valence-electron chi connectivity index (χ3n) is 3.63. The van der Waals surface area contributed by atoms with Crippen LogP contribution in [0.5, 0.6) is 0 Å². The van der Waals surface area contributed by atoms with Crippen molar-refractivity contribution in [2.75, 3.05) is 11.4 Å². The Morgan fingerprint density at radius 1 is 1.10 bits per heavy atom. The molecule has 0 spiro atoms. The summed E-state index contributed by atoms with van der Waals surface area (Å²) in [6.45, 7) is 0.610. The van der Waals surface area contributed by atoms with Gasteiger partial charge in [-0.1, -0.05) is 18.2 Å². The van der Waals surface area contributed by atoms with Gasteiger partial charge in [0.05, 0.1) is 5.56 Å². The maximum atomic E-state index is 12.8. The average Bonchev–Trinajstić information content (AvgIpc) is 2.89. The van der Waals surface area contributed by atoms with Gasteiger partial charge in [-0.05, 0) is 36.2 Å². The van der Waals surface area contributed by atoms with Gasteiger partial charge in [0.15, 0.2) is 0 Å². The van der Waals surface area contributed by atoms with Crippen molar-refractivity contribution in [2.24, 2.45) is 0 Å². The standard InChI is InChI=1S/C16H12F3NO/c17-16(18,19)13-2-1-3-14(9-13)20-7-6-12-5-4-11(10-21)8-15(12)20/h1-5,8-10H,6-7H2. The van der Waals surface area contributed by atoms with Crippen LogP contribution in [0.15, 0.2) is 42.5 Å². The molecule has 0 amide bonds. The number of rotatable bonds is 2. The van der Waals surface area contributed by atoms with Gasteiger partial charge in [0, 0.05) is 23.5 Å². The van der Waals surface area contributed by atoms with Crippen molar-refractivity contribution < 1.29 is 18.0 Å². The van der Waals surface area contributed by atoms with Gasteiger partial charge in [-0.3, -0.25) is 4.79 Å². The Morgan fingerprint density at radius 2 is 1.90 bits per heavy atom.